The van der Waals surface area contributed by atoms with Crippen LogP contribution >= 0.6 is 0 Å². The number of nitrogens with two attached hydrogens (primary N) is 1. The van der Waals surface area contributed by atoms with E-state index in [0.29, 0.717) is 18.2 Å². The molecule has 2 N–H and O–H groups in total. The summed E-state index contributed by atoms with van der Waals surface area (Å²) >= 11 is 0. The van der Waals surface area contributed by atoms with Gasteiger partial charge >= 0.3 is 0 Å². The van der Waals surface area contributed by atoms with Crippen LogP contribution in [0.1, 0.15) is 46.0 Å². The van der Waals surface area contributed by atoms with Crippen molar-refractivity contribution in [3.05, 3.63) is 6.33 Å². The number of piperidine rings is 1. The van der Waals surface area contributed by atoms with E-state index < -0.39 is 0 Å². The molecule has 0 radical (unpaired) electrons. The molecule has 1 aliphatic rings. The van der Waals surface area contributed by atoms with Gasteiger partial charge in [-0.05, 0) is 25.2 Å². The maximum absolute atomic E-state index is 6.16. The van der Waals surface area contributed by atoms with Gasteiger partial charge in [0.15, 0.2) is 5.82 Å². The van der Waals surface area contributed by atoms with Crippen LogP contribution in [0.5, 0.6) is 5.88 Å². The van der Waals surface area contributed by atoms with E-state index in [4.69, 9.17) is 10.5 Å². The third kappa shape index (κ3) is 3.52. The Morgan fingerprint density at radius 2 is 2.00 bits per heavy atom. The van der Waals surface area contributed by atoms with Crippen LogP contribution in [0.25, 0.3) is 0 Å². The van der Waals surface area contributed by atoms with E-state index in [1.54, 1.807) is 6.33 Å². The summed E-state index contributed by atoms with van der Waals surface area (Å²) in [7, 11) is 0. The molecule has 0 amide bonds. The zero-order chi connectivity index (χ0) is 14.4. The summed E-state index contributed by atoms with van der Waals surface area (Å²) in [6.45, 7) is 7.01. The molecule has 1 aromatic heterocycles. The lowest BCUT2D eigenvalue weighted by molar-refractivity contribution is 0.306. The fourth-order valence-corrected chi connectivity index (χ4v) is 2.78. The maximum Gasteiger partial charge on any atom is 0.242 e. The van der Waals surface area contributed by atoms with Gasteiger partial charge in [0.1, 0.15) is 12.0 Å². The summed E-state index contributed by atoms with van der Waals surface area (Å²) in [5, 5.41) is 0. The van der Waals surface area contributed by atoms with E-state index in [0.717, 1.165) is 31.2 Å². The van der Waals surface area contributed by atoms with Crippen molar-refractivity contribution in [1.29, 1.82) is 0 Å². The minimum absolute atomic E-state index is 0.521. The van der Waals surface area contributed by atoms with Crippen molar-refractivity contribution in [3.8, 4) is 5.88 Å². The Balaban J connectivity index is 2.02. The number of nitrogens with zero attached hydrogens (tertiary/aromatic N) is 3. The summed E-state index contributed by atoms with van der Waals surface area (Å²) in [5.41, 5.74) is 6.74. The van der Waals surface area contributed by atoms with Crippen molar-refractivity contribution in [2.75, 3.05) is 30.3 Å². The summed E-state index contributed by atoms with van der Waals surface area (Å²) in [5.74, 6) is 2.21. The maximum atomic E-state index is 6.16. The second kappa shape index (κ2) is 7.31. The lowest BCUT2D eigenvalue weighted by atomic mass is 9.92. The van der Waals surface area contributed by atoms with Crippen molar-refractivity contribution in [2.24, 2.45) is 5.92 Å². The fraction of sp³-hybridized carbons (Fsp3) is 0.733. The Morgan fingerprint density at radius 1 is 1.25 bits per heavy atom. The molecule has 0 saturated carbocycles. The molecular weight excluding hydrogens is 252 g/mol. The first-order valence-electron chi connectivity index (χ1n) is 7.74. The standard InChI is InChI=1S/C15H26N4O/c1-3-5-12-6-8-19(9-7-12)14-13(16)15(18-11-17-14)20-10-4-2/h11-12H,3-10,16H2,1-2H3. The average Bonchev–Trinajstić information content (AvgIpc) is 2.48. The molecule has 0 bridgehead atoms. The third-order valence-electron chi connectivity index (χ3n) is 3.88. The average molecular weight is 278 g/mol. The molecule has 0 unspecified atom stereocenters. The predicted molar refractivity (Wildman–Crippen MR) is 82.1 cm³/mol. The number of anilines is 2. The van der Waals surface area contributed by atoms with Crippen molar-refractivity contribution in [2.45, 2.75) is 46.0 Å². The molecular formula is C15H26N4O. The highest BCUT2D eigenvalue weighted by Gasteiger charge is 2.22. The molecule has 20 heavy (non-hydrogen) atoms. The number of hydrogen-bond acceptors (Lipinski definition) is 5. The minimum Gasteiger partial charge on any atom is -0.476 e. The minimum atomic E-state index is 0.521. The summed E-state index contributed by atoms with van der Waals surface area (Å²) in [6, 6.07) is 0. The monoisotopic (exact) mass is 278 g/mol. The quantitative estimate of drug-likeness (QED) is 0.866. The Morgan fingerprint density at radius 3 is 2.65 bits per heavy atom. The molecule has 5 heteroatoms. The van der Waals surface area contributed by atoms with Gasteiger partial charge in [-0.1, -0.05) is 26.7 Å². The van der Waals surface area contributed by atoms with Gasteiger partial charge in [-0.25, -0.2) is 4.98 Å². The Kier molecular flexibility index (Phi) is 5.44. The van der Waals surface area contributed by atoms with E-state index in [9.17, 15) is 0 Å². The van der Waals surface area contributed by atoms with Crippen LogP contribution < -0.4 is 15.4 Å². The van der Waals surface area contributed by atoms with E-state index in [1.165, 1.54) is 25.7 Å². The number of nitrogen functional groups attached to an aromatic ring is 1. The molecule has 0 aliphatic carbocycles. The van der Waals surface area contributed by atoms with Crippen molar-refractivity contribution in [1.82, 2.24) is 9.97 Å². The molecule has 0 spiro atoms. The molecule has 1 saturated heterocycles. The topological polar surface area (TPSA) is 64.3 Å². The summed E-state index contributed by atoms with van der Waals surface area (Å²) in [6.07, 6.45) is 7.55. The van der Waals surface area contributed by atoms with Gasteiger partial charge in [-0.2, -0.15) is 4.98 Å². The molecule has 2 rings (SSSR count). The van der Waals surface area contributed by atoms with Gasteiger partial charge in [0, 0.05) is 13.1 Å². The van der Waals surface area contributed by atoms with Crippen LogP contribution in [0, 0.1) is 5.92 Å². The molecule has 1 aliphatic heterocycles. The number of ether oxygens (including phenoxy) is 1. The predicted octanol–water partition coefficient (Wildman–Crippen LogP) is 2.86. The largest absolute Gasteiger partial charge is 0.476 e. The van der Waals surface area contributed by atoms with E-state index in [1.807, 2.05) is 0 Å². The number of aromatic nitrogens is 2. The fourth-order valence-electron chi connectivity index (χ4n) is 2.78. The molecule has 1 fully saturated rings. The highest BCUT2D eigenvalue weighted by molar-refractivity contribution is 5.67. The summed E-state index contributed by atoms with van der Waals surface area (Å²) in [4.78, 5) is 10.7. The van der Waals surface area contributed by atoms with Crippen LogP contribution in [0.15, 0.2) is 6.33 Å². The molecule has 2 heterocycles. The molecule has 5 nitrogen and oxygen atoms in total. The smallest absolute Gasteiger partial charge is 0.242 e. The van der Waals surface area contributed by atoms with Crippen molar-refractivity contribution < 1.29 is 4.74 Å². The second-order valence-corrected chi connectivity index (χ2v) is 5.48. The van der Waals surface area contributed by atoms with Gasteiger partial charge in [-0.3, -0.25) is 0 Å². The van der Waals surface area contributed by atoms with Crippen LogP contribution in [-0.2, 0) is 0 Å². The lowest BCUT2D eigenvalue weighted by Crippen LogP contribution is -2.34. The SMILES string of the molecule is CCCOc1ncnc(N2CCC(CCC)CC2)c1N. The van der Waals surface area contributed by atoms with E-state index in [2.05, 4.69) is 28.7 Å². The van der Waals surface area contributed by atoms with E-state index >= 15 is 0 Å². The lowest BCUT2D eigenvalue weighted by Gasteiger charge is -2.33. The zero-order valence-corrected chi connectivity index (χ0v) is 12.6. The number of hydrogen-bond donors (Lipinski definition) is 1. The zero-order valence-electron chi connectivity index (χ0n) is 12.6. The van der Waals surface area contributed by atoms with Crippen LogP contribution in [-0.4, -0.2) is 29.7 Å². The van der Waals surface area contributed by atoms with Crippen molar-refractivity contribution >= 4 is 11.5 Å². The molecule has 1 aromatic rings. The van der Waals surface area contributed by atoms with Gasteiger partial charge in [-0.15, -0.1) is 0 Å². The molecule has 0 aromatic carbocycles. The van der Waals surface area contributed by atoms with Crippen LogP contribution in [0.3, 0.4) is 0 Å². The van der Waals surface area contributed by atoms with Gasteiger partial charge in [0.25, 0.3) is 0 Å². The third-order valence-corrected chi connectivity index (χ3v) is 3.88. The van der Waals surface area contributed by atoms with Gasteiger partial charge in [0.2, 0.25) is 5.88 Å². The first-order valence-corrected chi connectivity index (χ1v) is 7.74. The van der Waals surface area contributed by atoms with Crippen LogP contribution in [0.4, 0.5) is 11.5 Å². The Hall–Kier alpha value is -1.52. The molecule has 112 valence electrons. The summed E-state index contributed by atoms with van der Waals surface area (Å²) < 4.78 is 5.57. The Bertz CT molecular complexity index is 416. The Labute approximate surface area is 121 Å². The highest BCUT2D eigenvalue weighted by Crippen LogP contribution is 2.31. The van der Waals surface area contributed by atoms with Crippen LogP contribution in [0.2, 0.25) is 0 Å². The van der Waals surface area contributed by atoms with Gasteiger partial charge in [0.05, 0.1) is 6.61 Å². The first kappa shape index (κ1) is 14.9. The second-order valence-electron chi connectivity index (χ2n) is 5.48. The number of rotatable bonds is 6. The first-order chi connectivity index (χ1) is 9.76. The normalized spacial score (nSPS) is 16.4. The highest BCUT2D eigenvalue weighted by atomic mass is 16.5. The van der Waals surface area contributed by atoms with Gasteiger partial charge < -0.3 is 15.4 Å². The molecule has 0 atom stereocenters. The van der Waals surface area contributed by atoms with E-state index in [-0.39, 0.29) is 0 Å². The van der Waals surface area contributed by atoms with Crippen molar-refractivity contribution in [3.63, 3.8) is 0 Å².